The van der Waals surface area contributed by atoms with Gasteiger partial charge < -0.3 is 25.4 Å². The molecule has 0 aliphatic carbocycles. The number of thiazole rings is 2. The molecular weight excluding hydrogens is 1180 g/mol. The first-order valence-corrected chi connectivity index (χ1v) is 33.5. The fourth-order valence-corrected chi connectivity index (χ4v) is 13.4. The van der Waals surface area contributed by atoms with Crippen LogP contribution in [0.3, 0.4) is 0 Å². The van der Waals surface area contributed by atoms with Crippen molar-refractivity contribution in [3.05, 3.63) is 201 Å². The number of nitrogen functional groups attached to an aromatic ring is 1. The second-order valence-electron chi connectivity index (χ2n) is 20.6. The molecule has 6 aromatic carbocycles. The lowest BCUT2D eigenvalue weighted by Gasteiger charge is -2.29. The van der Waals surface area contributed by atoms with Crippen LogP contribution in [-0.2, 0) is 29.5 Å². The number of ether oxygens (including phenoxy) is 2. The quantitative estimate of drug-likeness (QED) is 0.0424. The Morgan fingerprint density at radius 3 is 1.37 bits per heavy atom. The summed E-state index contributed by atoms with van der Waals surface area (Å²) in [5.41, 5.74) is 13.1. The van der Waals surface area contributed by atoms with Crippen LogP contribution in [0.25, 0.3) is 22.5 Å². The molecule has 2 amide bonds. The van der Waals surface area contributed by atoms with Crippen LogP contribution in [0.5, 0.6) is 0 Å². The Balaban J connectivity index is 0.000000187. The van der Waals surface area contributed by atoms with Crippen LogP contribution in [0.4, 0.5) is 15.1 Å². The van der Waals surface area contributed by atoms with Crippen LogP contribution in [0.15, 0.2) is 180 Å². The zero-order chi connectivity index (χ0) is 59.3. The second-order valence-corrected chi connectivity index (χ2v) is 27.0. The van der Waals surface area contributed by atoms with E-state index in [9.17, 15) is 21.6 Å². The van der Waals surface area contributed by atoms with E-state index in [1.807, 2.05) is 41.3 Å². The summed E-state index contributed by atoms with van der Waals surface area (Å²) in [6, 6.07) is 54.3. The van der Waals surface area contributed by atoms with Gasteiger partial charge in [0.2, 0.25) is 20.0 Å². The van der Waals surface area contributed by atoms with Crippen molar-refractivity contribution in [2.75, 3.05) is 63.7 Å². The third-order valence-electron chi connectivity index (χ3n) is 14.9. The Kier molecular flexibility index (Phi) is 24.3. The maximum Gasteiger partial charge on any atom is 0.323 e. The number of nitrogens with two attached hydrogens (primary N) is 3. The normalized spacial score (nSPS) is 14.1. The molecule has 21 heteroatoms. The number of nitrogens with one attached hydrogen (secondary N) is 2. The molecule has 4 heterocycles. The number of primary sulfonamides is 2. The molecular formula is C63H72Cl2N8O7S4. The third-order valence-corrected chi connectivity index (χ3v) is 19.0. The maximum absolute atomic E-state index is 13.7. The average molecular weight is 1250 g/mol. The van der Waals surface area contributed by atoms with Crippen molar-refractivity contribution in [3.8, 4) is 22.5 Å². The lowest BCUT2D eigenvalue weighted by molar-refractivity contribution is 0.0614. The maximum atomic E-state index is 13.7. The predicted octanol–water partition coefficient (Wildman–Crippen LogP) is 13.3. The minimum absolute atomic E-state index is 0.000563. The summed E-state index contributed by atoms with van der Waals surface area (Å²) in [4.78, 5) is 24.3. The highest BCUT2D eigenvalue weighted by atomic mass is 35.5. The zero-order valence-electron chi connectivity index (χ0n) is 46.6. The molecule has 0 spiro atoms. The van der Waals surface area contributed by atoms with E-state index >= 15 is 0 Å². The molecule has 0 bridgehead atoms. The van der Waals surface area contributed by atoms with Crippen molar-refractivity contribution in [2.24, 2.45) is 22.1 Å². The second kappa shape index (κ2) is 31.9. The molecule has 2 aliphatic rings. The molecule has 2 aliphatic heterocycles. The SMILES string of the molecule is NS(=O)(=O)c1ccc(-c2nc(NC(=O)N(CCC3CCOCC3)CCC(c3ccccc3)c3ccccc3)sc2Cl)cc1.Nc1nc(-c2ccc(S(N)(=O)=O)cc2)c(Cl)s1.c1ccc(C(CCNCCC2CCOCC2)c2ccccc2)cc1. The first kappa shape index (κ1) is 63.9. The number of aromatic nitrogens is 2. The molecule has 0 unspecified atom stereocenters. The van der Waals surface area contributed by atoms with Crippen LogP contribution in [0.2, 0.25) is 8.67 Å². The number of urea groups is 1. The number of sulfonamides is 2. The molecule has 2 saturated heterocycles. The molecule has 10 rings (SSSR count). The summed E-state index contributed by atoms with van der Waals surface area (Å²) >= 11 is 14.8. The Hall–Kier alpha value is -6.07. The molecule has 84 heavy (non-hydrogen) atoms. The van der Waals surface area contributed by atoms with Crippen molar-refractivity contribution in [2.45, 2.75) is 73.0 Å². The van der Waals surface area contributed by atoms with Gasteiger partial charge in [-0.05, 0) is 123 Å². The van der Waals surface area contributed by atoms with E-state index in [1.54, 1.807) is 24.3 Å². The molecule has 0 saturated carbocycles. The molecule has 8 N–H and O–H groups in total. The van der Waals surface area contributed by atoms with Gasteiger partial charge in [-0.1, -0.05) is 191 Å². The lowest BCUT2D eigenvalue weighted by atomic mass is 9.88. The van der Waals surface area contributed by atoms with Gasteiger partial charge in [0.1, 0.15) is 20.1 Å². The molecule has 15 nitrogen and oxygen atoms in total. The van der Waals surface area contributed by atoms with Gasteiger partial charge >= 0.3 is 6.03 Å². The summed E-state index contributed by atoms with van der Waals surface area (Å²) in [7, 11) is -7.50. The van der Waals surface area contributed by atoms with Crippen molar-refractivity contribution < 1.29 is 31.1 Å². The third kappa shape index (κ3) is 19.5. The van der Waals surface area contributed by atoms with Crippen LogP contribution < -0.4 is 26.6 Å². The predicted molar refractivity (Wildman–Crippen MR) is 341 cm³/mol. The van der Waals surface area contributed by atoms with Gasteiger partial charge in [0, 0.05) is 62.5 Å². The number of amides is 2. The Morgan fingerprint density at radius 1 is 0.548 bits per heavy atom. The monoisotopic (exact) mass is 1250 g/mol. The van der Waals surface area contributed by atoms with E-state index in [4.69, 9.17) is 48.7 Å². The van der Waals surface area contributed by atoms with Gasteiger partial charge in [-0.25, -0.2) is 41.9 Å². The zero-order valence-corrected chi connectivity index (χ0v) is 51.4. The number of nitrogens with zero attached hydrogens (tertiary/aromatic N) is 3. The largest absolute Gasteiger partial charge is 0.381 e. The minimum atomic E-state index is -3.81. The van der Waals surface area contributed by atoms with E-state index < -0.39 is 20.0 Å². The summed E-state index contributed by atoms with van der Waals surface area (Å²) in [5.74, 6) is 1.99. The number of anilines is 2. The van der Waals surface area contributed by atoms with Crippen LogP contribution in [-0.4, -0.2) is 90.3 Å². The summed E-state index contributed by atoms with van der Waals surface area (Å²) in [5, 5.41) is 17.6. The van der Waals surface area contributed by atoms with Crippen molar-refractivity contribution >= 4 is 82.2 Å². The van der Waals surface area contributed by atoms with Gasteiger partial charge in [0.05, 0.1) is 9.79 Å². The van der Waals surface area contributed by atoms with Gasteiger partial charge in [-0.3, -0.25) is 5.32 Å². The number of halogens is 2. The lowest BCUT2D eigenvalue weighted by Crippen LogP contribution is -2.38. The van der Waals surface area contributed by atoms with E-state index in [0.717, 1.165) is 88.9 Å². The van der Waals surface area contributed by atoms with Crippen molar-refractivity contribution in [1.82, 2.24) is 20.2 Å². The fourth-order valence-electron chi connectivity index (χ4n) is 10.3. The average Bonchev–Trinajstić information content (AvgIpc) is 4.24. The molecule has 2 aromatic heterocycles. The van der Waals surface area contributed by atoms with Crippen LogP contribution >= 0.6 is 45.9 Å². The van der Waals surface area contributed by atoms with Crippen molar-refractivity contribution in [3.63, 3.8) is 0 Å². The standard InChI is InChI=1S/C32H35ClN4O4S2.C22H29NO.C9H8ClN3O2S2/c33-30-29(26-11-13-27(14-12-26)43(34,39)40)35-31(42-30)36-32(38)37(19-15-23-17-21-41-22-18-23)20-16-28(24-7-3-1-4-8-24)25-9-5-2-6-10-25;1-3-7-20(8-4-1)22(21-9-5-2-6-10-21)12-16-23-15-11-19-13-17-24-18-14-19;10-8-7(13-9(11)16-8)5-1-3-6(4-2-5)17(12,14)15/h1-14,23,28H,15-22H2,(H2,34,39,40)(H,35,36,38);1-10,19,22-23H,11-18H2;1-4H,(H2,11,13)(H2,12,14,15). The highest BCUT2D eigenvalue weighted by Gasteiger charge is 2.24. The number of carbonyl (C=O) groups excluding carboxylic acids is 1. The highest BCUT2D eigenvalue weighted by Crippen LogP contribution is 2.37. The van der Waals surface area contributed by atoms with E-state index in [2.05, 4.69) is 106 Å². The number of rotatable bonds is 21. The number of hydrogen-bond acceptors (Lipinski definition) is 13. The van der Waals surface area contributed by atoms with E-state index in [-0.39, 0.29) is 21.7 Å². The van der Waals surface area contributed by atoms with E-state index in [0.29, 0.717) is 66.4 Å². The number of hydrogen-bond donors (Lipinski definition) is 5. The Bertz CT molecular complexity index is 3430. The Labute approximate surface area is 512 Å². The smallest absolute Gasteiger partial charge is 0.323 e. The van der Waals surface area contributed by atoms with Gasteiger partial charge in [0.25, 0.3) is 0 Å². The first-order valence-electron chi connectivity index (χ1n) is 28.1. The Morgan fingerprint density at radius 2 is 0.952 bits per heavy atom. The fraction of sp³-hybridized carbons (Fsp3) is 0.317. The van der Waals surface area contributed by atoms with E-state index in [1.165, 1.54) is 77.1 Å². The topological polar surface area (TPSA) is 235 Å². The number of carbonyl (C=O) groups is 1. The van der Waals surface area contributed by atoms with Crippen LogP contribution in [0, 0.1) is 11.8 Å². The first-order chi connectivity index (χ1) is 40.6. The molecule has 0 atom stereocenters. The van der Waals surface area contributed by atoms with Gasteiger partial charge in [0.15, 0.2) is 10.3 Å². The van der Waals surface area contributed by atoms with Gasteiger partial charge in [-0.2, -0.15) is 0 Å². The summed E-state index contributed by atoms with van der Waals surface area (Å²) < 4.78 is 57.2. The minimum Gasteiger partial charge on any atom is -0.381 e. The summed E-state index contributed by atoms with van der Waals surface area (Å²) in [6.45, 7) is 6.81. The molecule has 0 radical (unpaired) electrons. The highest BCUT2D eigenvalue weighted by molar-refractivity contribution is 7.89. The van der Waals surface area contributed by atoms with Crippen LogP contribution in [0.1, 0.15) is 85.5 Å². The van der Waals surface area contributed by atoms with Crippen molar-refractivity contribution in [1.29, 1.82) is 0 Å². The summed E-state index contributed by atoms with van der Waals surface area (Å²) in [6.07, 6.45) is 8.56. The van der Waals surface area contributed by atoms with Gasteiger partial charge in [-0.15, -0.1) is 0 Å². The molecule has 8 aromatic rings. The molecule has 444 valence electrons. The number of benzene rings is 6. The molecule has 2 fully saturated rings.